The van der Waals surface area contributed by atoms with E-state index < -0.39 is 0 Å². The first-order valence-corrected chi connectivity index (χ1v) is 7.86. The Hall–Kier alpha value is 0.310. The minimum atomic E-state index is 0.689. The van der Waals surface area contributed by atoms with Gasteiger partial charge in [0.25, 0.3) is 0 Å². The molecule has 0 bridgehead atoms. The van der Waals surface area contributed by atoms with Gasteiger partial charge in [-0.15, -0.1) is 0 Å². The van der Waals surface area contributed by atoms with Crippen LogP contribution in [0.2, 0.25) is 0 Å². The number of thioether (sulfide) groups is 1. The second kappa shape index (κ2) is 7.56. The fourth-order valence-electron chi connectivity index (χ4n) is 2.68. The molecule has 0 aromatic heterocycles. The van der Waals surface area contributed by atoms with E-state index in [2.05, 4.69) is 25.4 Å². The Bertz CT molecular complexity index is 155. The van der Waals surface area contributed by atoms with Gasteiger partial charge in [0.1, 0.15) is 0 Å². The van der Waals surface area contributed by atoms with Gasteiger partial charge in [0.15, 0.2) is 0 Å². The number of nitrogens with one attached hydrogen (secondary N) is 1. The molecule has 0 spiro atoms. The minimum Gasteiger partial charge on any atom is -0.312 e. The third kappa shape index (κ3) is 5.82. The molecule has 0 saturated heterocycles. The molecule has 1 aliphatic rings. The van der Waals surface area contributed by atoms with Crippen molar-refractivity contribution in [1.29, 1.82) is 0 Å². The van der Waals surface area contributed by atoms with Gasteiger partial charge in [-0.25, -0.2) is 0 Å². The van der Waals surface area contributed by atoms with Crippen molar-refractivity contribution in [3.8, 4) is 0 Å². The zero-order valence-electron chi connectivity index (χ0n) is 10.6. The van der Waals surface area contributed by atoms with Crippen LogP contribution in [0.3, 0.4) is 0 Å². The van der Waals surface area contributed by atoms with Crippen LogP contribution >= 0.6 is 11.8 Å². The van der Waals surface area contributed by atoms with Crippen molar-refractivity contribution < 1.29 is 0 Å². The zero-order chi connectivity index (χ0) is 11.1. The monoisotopic (exact) mass is 229 g/mol. The van der Waals surface area contributed by atoms with Crippen LogP contribution in [0, 0.1) is 5.92 Å². The molecule has 0 aromatic carbocycles. The molecule has 1 fully saturated rings. The maximum Gasteiger partial charge on any atom is 0.00490 e. The first-order chi connectivity index (χ1) is 7.22. The third-order valence-corrected chi connectivity index (χ3v) is 4.13. The largest absolute Gasteiger partial charge is 0.312 e. The van der Waals surface area contributed by atoms with E-state index in [-0.39, 0.29) is 0 Å². The van der Waals surface area contributed by atoms with E-state index in [9.17, 15) is 0 Å². The highest BCUT2D eigenvalue weighted by atomic mass is 32.2. The fourth-order valence-corrected chi connectivity index (χ4v) is 3.27. The van der Waals surface area contributed by atoms with Gasteiger partial charge in [-0.3, -0.25) is 0 Å². The Morgan fingerprint density at radius 1 is 1.20 bits per heavy atom. The van der Waals surface area contributed by atoms with Gasteiger partial charge < -0.3 is 5.32 Å². The highest BCUT2D eigenvalue weighted by Gasteiger charge is 2.18. The molecule has 0 amide bonds. The highest BCUT2D eigenvalue weighted by molar-refractivity contribution is 7.98. The van der Waals surface area contributed by atoms with Gasteiger partial charge in [-0.05, 0) is 44.6 Å². The predicted molar refractivity (Wildman–Crippen MR) is 71.6 cm³/mol. The van der Waals surface area contributed by atoms with E-state index in [0.29, 0.717) is 12.1 Å². The van der Waals surface area contributed by atoms with Crippen LogP contribution in [0.5, 0.6) is 0 Å². The van der Waals surface area contributed by atoms with Crippen LogP contribution in [-0.2, 0) is 0 Å². The molecule has 1 rings (SSSR count). The van der Waals surface area contributed by atoms with Gasteiger partial charge in [0, 0.05) is 12.1 Å². The lowest BCUT2D eigenvalue weighted by molar-refractivity contribution is 0.373. The molecule has 1 saturated carbocycles. The second-order valence-electron chi connectivity index (χ2n) is 5.14. The fraction of sp³-hybridized carbons (Fsp3) is 1.00. The maximum absolute atomic E-state index is 3.73. The summed E-state index contributed by atoms with van der Waals surface area (Å²) in [5.74, 6) is 2.30. The van der Waals surface area contributed by atoms with E-state index in [1.807, 2.05) is 11.8 Å². The lowest BCUT2D eigenvalue weighted by atomic mass is 9.99. The molecule has 0 aromatic rings. The van der Waals surface area contributed by atoms with Crippen molar-refractivity contribution in [2.45, 2.75) is 64.5 Å². The van der Waals surface area contributed by atoms with Crippen molar-refractivity contribution in [2.24, 2.45) is 5.92 Å². The van der Waals surface area contributed by atoms with Crippen LogP contribution in [0.1, 0.15) is 52.4 Å². The van der Waals surface area contributed by atoms with Crippen LogP contribution in [0.25, 0.3) is 0 Å². The molecule has 1 nitrogen and oxygen atoms in total. The molecule has 2 heteroatoms. The van der Waals surface area contributed by atoms with Crippen molar-refractivity contribution in [1.82, 2.24) is 5.32 Å². The van der Waals surface area contributed by atoms with Crippen LogP contribution in [-0.4, -0.2) is 24.1 Å². The summed E-state index contributed by atoms with van der Waals surface area (Å²) in [4.78, 5) is 0. The van der Waals surface area contributed by atoms with Crippen LogP contribution in [0.15, 0.2) is 0 Å². The zero-order valence-corrected chi connectivity index (χ0v) is 11.4. The molecule has 15 heavy (non-hydrogen) atoms. The molecule has 90 valence electrons. The average molecular weight is 229 g/mol. The Morgan fingerprint density at radius 2 is 1.87 bits per heavy atom. The SMILES string of the molecule is CSCCC(C)NC(C)CC1CCCC1. The van der Waals surface area contributed by atoms with Gasteiger partial charge >= 0.3 is 0 Å². The Balaban J connectivity index is 2.08. The number of rotatable bonds is 7. The average Bonchev–Trinajstić information content (AvgIpc) is 2.67. The molecular weight excluding hydrogens is 202 g/mol. The number of hydrogen-bond acceptors (Lipinski definition) is 2. The summed E-state index contributed by atoms with van der Waals surface area (Å²) in [6.45, 7) is 4.68. The quantitative estimate of drug-likeness (QED) is 0.714. The summed E-state index contributed by atoms with van der Waals surface area (Å²) in [7, 11) is 0. The number of hydrogen-bond donors (Lipinski definition) is 1. The maximum atomic E-state index is 3.73. The van der Waals surface area contributed by atoms with E-state index >= 15 is 0 Å². The second-order valence-corrected chi connectivity index (χ2v) is 6.12. The van der Waals surface area contributed by atoms with Gasteiger partial charge in [-0.2, -0.15) is 11.8 Å². The first kappa shape index (κ1) is 13.4. The molecular formula is C13H27NS. The smallest absolute Gasteiger partial charge is 0.00490 e. The van der Waals surface area contributed by atoms with Crippen molar-refractivity contribution >= 4 is 11.8 Å². The highest BCUT2D eigenvalue weighted by Crippen LogP contribution is 2.28. The van der Waals surface area contributed by atoms with Gasteiger partial charge in [0.05, 0.1) is 0 Å². The van der Waals surface area contributed by atoms with Gasteiger partial charge in [-0.1, -0.05) is 25.7 Å². The summed E-state index contributed by atoms with van der Waals surface area (Å²) in [6, 6.07) is 1.40. The molecule has 0 radical (unpaired) electrons. The summed E-state index contributed by atoms with van der Waals surface area (Å²) in [6.07, 6.45) is 10.8. The van der Waals surface area contributed by atoms with E-state index in [0.717, 1.165) is 5.92 Å². The van der Waals surface area contributed by atoms with E-state index in [1.54, 1.807) is 0 Å². The summed E-state index contributed by atoms with van der Waals surface area (Å²) < 4.78 is 0. The van der Waals surface area contributed by atoms with Crippen LogP contribution in [0.4, 0.5) is 0 Å². The molecule has 2 atom stereocenters. The lowest BCUT2D eigenvalue weighted by Crippen LogP contribution is -2.35. The summed E-state index contributed by atoms with van der Waals surface area (Å²) in [5, 5.41) is 3.73. The van der Waals surface area contributed by atoms with Crippen LogP contribution < -0.4 is 5.32 Å². The summed E-state index contributed by atoms with van der Waals surface area (Å²) >= 11 is 1.95. The standard InChI is InChI=1S/C13H27NS/c1-11(8-9-15-3)14-12(2)10-13-6-4-5-7-13/h11-14H,4-10H2,1-3H3. The Morgan fingerprint density at radius 3 is 2.47 bits per heavy atom. The van der Waals surface area contributed by atoms with Crippen molar-refractivity contribution in [2.75, 3.05) is 12.0 Å². The predicted octanol–water partition coefficient (Wildman–Crippen LogP) is 3.69. The first-order valence-electron chi connectivity index (χ1n) is 6.47. The Labute approximate surface area is 99.8 Å². The normalized spacial score (nSPS) is 21.8. The summed E-state index contributed by atoms with van der Waals surface area (Å²) in [5.41, 5.74) is 0. The molecule has 0 aliphatic heterocycles. The van der Waals surface area contributed by atoms with Crippen molar-refractivity contribution in [3.63, 3.8) is 0 Å². The molecule has 2 unspecified atom stereocenters. The Kier molecular flexibility index (Phi) is 6.74. The van der Waals surface area contributed by atoms with E-state index in [4.69, 9.17) is 0 Å². The van der Waals surface area contributed by atoms with E-state index in [1.165, 1.54) is 44.3 Å². The third-order valence-electron chi connectivity index (χ3n) is 3.49. The molecule has 1 aliphatic carbocycles. The van der Waals surface area contributed by atoms with Crippen molar-refractivity contribution in [3.05, 3.63) is 0 Å². The minimum absolute atomic E-state index is 0.689. The van der Waals surface area contributed by atoms with Gasteiger partial charge in [0.2, 0.25) is 0 Å². The topological polar surface area (TPSA) is 12.0 Å². The lowest BCUT2D eigenvalue weighted by Gasteiger charge is -2.22. The molecule has 1 N–H and O–H groups in total. The molecule has 0 heterocycles.